The van der Waals surface area contributed by atoms with Crippen molar-refractivity contribution in [3.05, 3.63) is 29.3 Å². The van der Waals surface area contributed by atoms with Gasteiger partial charge in [-0.25, -0.2) is 4.79 Å². The maximum Gasteiger partial charge on any atom is 0.407 e. The van der Waals surface area contributed by atoms with E-state index in [0.29, 0.717) is 18.6 Å². The molecule has 4 N–H and O–H groups in total. The molecule has 2 fully saturated rings. The zero-order valence-electron chi connectivity index (χ0n) is 12.0. The second-order valence-corrected chi connectivity index (χ2v) is 6.54. The molecule has 5 nitrogen and oxygen atoms in total. The first-order valence-electron chi connectivity index (χ1n) is 7.74. The number of amides is 1. The van der Waals surface area contributed by atoms with Crippen molar-refractivity contribution in [2.45, 2.75) is 37.3 Å². The largest absolute Gasteiger partial charge is 0.447 e. The molecule has 0 bridgehead atoms. The molecule has 112 valence electrons. The smallest absolute Gasteiger partial charge is 0.407 e. The fourth-order valence-corrected chi connectivity index (χ4v) is 3.82. The molecule has 1 aromatic rings. The van der Waals surface area contributed by atoms with E-state index in [2.05, 4.69) is 28.8 Å². The lowest BCUT2D eigenvalue weighted by molar-refractivity contribution is 0.177. The molecule has 1 aromatic carbocycles. The molecule has 1 amide bonds. The summed E-state index contributed by atoms with van der Waals surface area (Å²) in [6.45, 7) is 1.49. The number of hydrogen-bond acceptors (Lipinski definition) is 4. The zero-order chi connectivity index (χ0) is 14.4. The Morgan fingerprint density at radius 1 is 1.33 bits per heavy atom. The van der Waals surface area contributed by atoms with Gasteiger partial charge in [-0.15, -0.1) is 0 Å². The number of rotatable bonds is 3. The monoisotopic (exact) mass is 287 g/mol. The van der Waals surface area contributed by atoms with Gasteiger partial charge < -0.3 is 21.1 Å². The molecule has 1 saturated carbocycles. The molecule has 0 aromatic heterocycles. The summed E-state index contributed by atoms with van der Waals surface area (Å²) in [5, 5.41) is 6.35. The van der Waals surface area contributed by atoms with Crippen LogP contribution in [0.4, 0.5) is 10.5 Å². The summed E-state index contributed by atoms with van der Waals surface area (Å²) < 4.78 is 4.95. The van der Waals surface area contributed by atoms with Crippen LogP contribution in [-0.4, -0.2) is 31.3 Å². The van der Waals surface area contributed by atoms with E-state index < -0.39 is 0 Å². The van der Waals surface area contributed by atoms with Crippen molar-refractivity contribution in [2.75, 3.05) is 18.5 Å². The molecule has 0 spiro atoms. The summed E-state index contributed by atoms with van der Waals surface area (Å²) >= 11 is 0. The zero-order valence-corrected chi connectivity index (χ0v) is 12.0. The van der Waals surface area contributed by atoms with Crippen LogP contribution in [0.5, 0.6) is 0 Å². The fourth-order valence-electron chi connectivity index (χ4n) is 3.82. The van der Waals surface area contributed by atoms with Crippen LogP contribution in [-0.2, 0) is 11.2 Å². The standard InChI is InChI=1S/C16H21N3O2/c17-11-5-10(6-11)14-7-18-15-2-1-9(4-13(14)15)3-12-8-21-16(20)19-12/h1-2,4,10-12,14,18H,3,5-8,17H2,(H,19,20)/t10?,11?,12-,14?/m0/s1. The molecule has 2 heterocycles. The van der Waals surface area contributed by atoms with E-state index in [1.165, 1.54) is 16.8 Å². The summed E-state index contributed by atoms with van der Waals surface area (Å²) in [6, 6.07) is 7.11. The number of alkyl carbamates (subject to hydrolysis) is 1. The second kappa shape index (κ2) is 4.91. The summed E-state index contributed by atoms with van der Waals surface area (Å²) in [7, 11) is 0. The highest BCUT2D eigenvalue weighted by atomic mass is 16.6. The van der Waals surface area contributed by atoms with Crippen molar-refractivity contribution >= 4 is 11.8 Å². The van der Waals surface area contributed by atoms with Gasteiger partial charge in [-0.1, -0.05) is 12.1 Å². The predicted octanol–water partition coefficient (Wildman–Crippen LogP) is 1.58. The molecule has 2 atom stereocenters. The number of hydrogen-bond donors (Lipinski definition) is 3. The third kappa shape index (κ3) is 2.35. The van der Waals surface area contributed by atoms with Gasteiger partial charge in [0.2, 0.25) is 0 Å². The van der Waals surface area contributed by atoms with Crippen LogP contribution in [0.25, 0.3) is 0 Å². The molecule has 5 heteroatoms. The van der Waals surface area contributed by atoms with Crippen LogP contribution < -0.4 is 16.4 Å². The number of nitrogens with two attached hydrogens (primary N) is 1. The van der Waals surface area contributed by atoms with Gasteiger partial charge in [-0.2, -0.15) is 0 Å². The highest BCUT2D eigenvalue weighted by molar-refractivity contribution is 5.69. The van der Waals surface area contributed by atoms with Gasteiger partial charge >= 0.3 is 6.09 Å². The number of carbonyl (C=O) groups excluding carboxylic acids is 1. The highest BCUT2D eigenvalue weighted by Crippen LogP contribution is 2.44. The lowest BCUT2D eigenvalue weighted by Gasteiger charge is -2.37. The Morgan fingerprint density at radius 2 is 2.19 bits per heavy atom. The van der Waals surface area contributed by atoms with E-state index in [1.54, 1.807) is 0 Å². The molecule has 1 aliphatic carbocycles. The molecule has 1 saturated heterocycles. The van der Waals surface area contributed by atoms with E-state index in [9.17, 15) is 4.79 Å². The van der Waals surface area contributed by atoms with Crippen LogP contribution >= 0.6 is 0 Å². The van der Waals surface area contributed by atoms with E-state index in [0.717, 1.165) is 31.7 Å². The Kier molecular flexibility index (Phi) is 3.03. The highest BCUT2D eigenvalue weighted by Gasteiger charge is 2.37. The van der Waals surface area contributed by atoms with Crippen molar-refractivity contribution < 1.29 is 9.53 Å². The first-order valence-corrected chi connectivity index (χ1v) is 7.74. The summed E-state index contributed by atoms with van der Waals surface area (Å²) in [5.74, 6) is 1.31. The van der Waals surface area contributed by atoms with E-state index in [-0.39, 0.29) is 12.1 Å². The molecule has 21 heavy (non-hydrogen) atoms. The van der Waals surface area contributed by atoms with Crippen molar-refractivity contribution in [3.63, 3.8) is 0 Å². The Morgan fingerprint density at radius 3 is 2.90 bits per heavy atom. The molecule has 1 unspecified atom stereocenters. The van der Waals surface area contributed by atoms with Crippen molar-refractivity contribution in [3.8, 4) is 0 Å². The van der Waals surface area contributed by atoms with Crippen molar-refractivity contribution in [1.29, 1.82) is 0 Å². The van der Waals surface area contributed by atoms with E-state index >= 15 is 0 Å². The molecule has 0 radical (unpaired) electrons. The number of anilines is 1. The maximum atomic E-state index is 11.1. The number of cyclic esters (lactones) is 1. The van der Waals surface area contributed by atoms with E-state index in [1.807, 2.05) is 0 Å². The Bertz CT molecular complexity index is 569. The maximum absolute atomic E-state index is 11.1. The average Bonchev–Trinajstić information content (AvgIpc) is 3.01. The van der Waals surface area contributed by atoms with Gasteiger partial charge in [0.25, 0.3) is 0 Å². The van der Waals surface area contributed by atoms with Gasteiger partial charge in [0.1, 0.15) is 6.61 Å². The lowest BCUT2D eigenvalue weighted by Crippen LogP contribution is -2.39. The molecule has 2 aliphatic heterocycles. The quantitative estimate of drug-likeness (QED) is 0.789. The number of benzene rings is 1. The topological polar surface area (TPSA) is 76.4 Å². The van der Waals surface area contributed by atoms with Gasteiger partial charge in [0.15, 0.2) is 0 Å². The third-order valence-electron chi connectivity index (χ3n) is 5.03. The number of fused-ring (bicyclic) bond motifs is 1. The minimum Gasteiger partial charge on any atom is -0.447 e. The van der Waals surface area contributed by atoms with Crippen LogP contribution in [0.3, 0.4) is 0 Å². The normalized spacial score (nSPS) is 33.7. The van der Waals surface area contributed by atoms with Crippen LogP contribution in [0.2, 0.25) is 0 Å². The molecule has 4 rings (SSSR count). The minimum atomic E-state index is -0.302. The third-order valence-corrected chi connectivity index (χ3v) is 5.03. The SMILES string of the molecule is NC1CC(C2CNc3ccc(C[C@H]4COC(=O)N4)cc32)C1. The van der Waals surface area contributed by atoms with Gasteiger partial charge in [-0.05, 0) is 42.4 Å². The first kappa shape index (κ1) is 13.0. The minimum absolute atomic E-state index is 0.0977. The Hall–Kier alpha value is -1.75. The summed E-state index contributed by atoms with van der Waals surface area (Å²) in [6.07, 6.45) is 2.81. The number of ether oxygens (including phenoxy) is 1. The van der Waals surface area contributed by atoms with Crippen molar-refractivity contribution in [2.24, 2.45) is 11.7 Å². The second-order valence-electron chi connectivity index (χ2n) is 6.54. The molecular formula is C16H21N3O2. The number of carbonyl (C=O) groups is 1. The van der Waals surface area contributed by atoms with Gasteiger partial charge in [-0.3, -0.25) is 0 Å². The molecule has 3 aliphatic rings. The van der Waals surface area contributed by atoms with Crippen LogP contribution in [0.15, 0.2) is 18.2 Å². The Balaban J connectivity index is 1.50. The predicted molar refractivity (Wildman–Crippen MR) is 80.3 cm³/mol. The van der Waals surface area contributed by atoms with Crippen molar-refractivity contribution in [1.82, 2.24) is 5.32 Å². The van der Waals surface area contributed by atoms with Crippen LogP contribution in [0.1, 0.15) is 29.9 Å². The van der Waals surface area contributed by atoms with E-state index in [4.69, 9.17) is 10.5 Å². The first-order chi connectivity index (χ1) is 10.2. The number of nitrogens with one attached hydrogen (secondary N) is 2. The van der Waals surface area contributed by atoms with Gasteiger partial charge in [0, 0.05) is 24.2 Å². The summed E-state index contributed by atoms with van der Waals surface area (Å²) in [5.41, 5.74) is 9.89. The van der Waals surface area contributed by atoms with Gasteiger partial charge in [0.05, 0.1) is 6.04 Å². The summed E-state index contributed by atoms with van der Waals surface area (Å²) in [4.78, 5) is 11.1. The fraction of sp³-hybridized carbons (Fsp3) is 0.562. The lowest BCUT2D eigenvalue weighted by atomic mass is 9.71. The Labute approximate surface area is 124 Å². The van der Waals surface area contributed by atoms with Crippen LogP contribution in [0, 0.1) is 5.92 Å². The average molecular weight is 287 g/mol. The molecular weight excluding hydrogens is 266 g/mol.